The minimum absolute atomic E-state index is 0.245. The largest absolute Gasteiger partial charge is 0.482 e. The van der Waals surface area contributed by atoms with Crippen LogP contribution in [0, 0.1) is 13.8 Å². The second-order valence-corrected chi connectivity index (χ2v) is 6.21. The van der Waals surface area contributed by atoms with Gasteiger partial charge in [-0.15, -0.1) is 0 Å². The Hall–Kier alpha value is -2.82. The van der Waals surface area contributed by atoms with Gasteiger partial charge in [-0.1, -0.05) is 25.1 Å². The molecule has 26 heavy (non-hydrogen) atoms. The Labute approximate surface area is 154 Å². The molecule has 138 valence electrons. The van der Waals surface area contributed by atoms with E-state index in [1.807, 2.05) is 50.2 Å². The van der Waals surface area contributed by atoms with Gasteiger partial charge < -0.3 is 14.8 Å². The highest BCUT2D eigenvalue weighted by Gasteiger charge is 2.18. The summed E-state index contributed by atoms with van der Waals surface area (Å²) in [5.74, 6) is -0.376. The van der Waals surface area contributed by atoms with Crippen LogP contribution in [0.3, 0.4) is 0 Å². The molecule has 0 bridgehead atoms. The summed E-state index contributed by atoms with van der Waals surface area (Å²) in [6, 6.07) is 13.1. The number of hydrogen-bond donors (Lipinski definition) is 1. The van der Waals surface area contributed by atoms with Crippen molar-refractivity contribution in [1.82, 2.24) is 0 Å². The average Bonchev–Trinajstić information content (AvgIpc) is 2.63. The van der Waals surface area contributed by atoms with Gasteiger partial charge in [-0.05, 0) is 68.1 Å². The molecule has 0 spiro atoms. The molecule has 0 aliphatic heterocycles. The number of aryl methyl sites for hydroxylation is 3. The Balaban J connectivity index is 1.81. The van der Waals surface area contributed by atoms with Crippen LogP contribution in [0.25, 0.3) is 0 Å². The molecule has 0 aromatic heterocycles. The Bertz CT molecular complexity index is 768. The number of rotatable bonds is 7. The summed E-state index contributed by atoms with van der Waals surface area (Å²) in [4.78, 5) is 24.0. The van der Waals surface area contributed by atoms with Crippen molar-refractivity contribution in [3.63, 3.8) is 0 Å². The van der Waals surface area contributed by atoms with Crippen molar-refractivity contribution in [1.29, 1.82) is 0 Å². The normalized spacial score (nSPS) is 11.5. The second-order valence-electron chi connectivity index (χ2n) is 6.21. The lowest BCUT2D eigenvalue weighted by Crippen LogP contribution is -2.31. The number of hydrogen-bond acceptors (Lipinski definition) is 4. The maximum Gasteiger partial charge on any atom is 0.344 e. The molecular weight excluding hydrogens is 330 g/mol. The number of nitrogens with one attached hydrogen (secondary N) is 1. The van der Waals surface area contributed by atoms with E-state index >= 15 is 0 Å². The van der Waals surface area contributed by atoms with Gasteiger partial charge in [0, 0.05) is 5.69 Å². The maximum absolute atomic E-state index is 12.1. The number of ether oxygens (including phenoxy) is 2. The Morgan fingerprint density at radius 2 is 1.73 bits per heavy atom. The van der Waals surface area contributed by atoms with E-state index in [0.29, 0.717) is 11.4 Å². The van der Waals surface area contributed by atoms with Crippen molar-refractivity contribution in [2.75, 3.05) is 11.9 Å². The third-order valence-corrected chi connectivity index (χ3v) is 4.14. The number of esters is 1. The summed E-state index contributed by atoms with van der Waals surface area (Å²) in [6.45, 7) is 7.33. The fraction of sp³-hybridized carbons (Fsp3) is 0.333. The third kappa shape index (κ3) is 5.62. The van der Waals surface area contributed by atoms with E-state index in [2.05, 4.69) is 12.2 Å². The zero-order valence-corrected chi connectivity index (χ0v) is 15.7. The summed E-state index contributed by atoms with van der Waals surface area (Å²) in [5, 5.41) is 2.73. The molecular formula is C21H25NO4. The quantitative estimate of drug-likeness (QED) is 0.767. The van der Waals surface area contributed by atoms with Crippen molar-refractivity contribution < 1.29 is 19.1 Å². The summed E-state index contributed by atoms with van der Waals surface area (Å²) >= 11 is 0. The highest BCUT2D eigenvalue weighted by Crippen LogP contribution is 2.16. The first-order valence-electron chi connectivity index (χ1n) is 8.68. The first-order valence-corrected chi connectivity index (χ1v) is 8.68. The molecule has 0 saturated carbocycles. The van der Waals surface area contributed by atoms with Crippen LogP contribution in [0.5, 0.6) is 5.75 Å². The second kappa shape index (κ2) is 9.04. The smallest absolute Gasteiger partial charge is 0.344 e. The third-order valence-electron chi connectivity index (χ3n) is 4.14. The van der Waals surface area contributed by atoms with Gasteiger partial charge in [-0.3, -0.25) is 4.79 Å². The van der Waals surface area contributed by atoms with Gasteiger partial charge in [-0.2, -0.15) is 0 Å². The van der Waals surface area contributed by atoms with Crippen molar-refractivity contribution in [2.45, 2.75) is 40.2 Å². The van der Waals surface area contributed by atoms with Crippen LogP contribution in [0.2, 0.25) is 0 Å². The fourth-order valence-corrected chi connectivity index (χ4v) is 2.30. The molecule has 0 fully saturated rings. The van der Waals surface area contributed by atoms with Gasteiger partial charge >= 0.3 is 5.97 Å². The number of amides is 1. The molecule has 2 rings (SSSR count). The molecule has 5 nitrogen and oxygen atoms in total. The van der Waals surface area contributed by atoms with Crippen molar-refractivity contribution in [3.05, 3.63) is 59.2 Å². The Morgan fingerprint density at radius 1 is 1.04 bits per heavy atom. The summed E-state index contributed by atoms with van der Waals surface area (Å²) < 4.78 is 10.6. The zero-order chi connectivity index (χ0) is 19.1. The predicted octanol–water partition coefficient (Wildman–Crippen LogP) is 3.82. The van der Waals surface area contributed by atoms with Crippen molar-refractivity contribution >= 4 is 17.6 Å². The number of carbonyl (C=O) groups is 2. The van der Waals surface area contributed by atoms with Gasteiger partial charge in [0.05, 0.1) is 0 Å². The molecule has 1 unspecified atom stereocenters. The number of carbonyl (C=O) groups excluding carboxylic acids is 2. The van der Waals surface area contributed by atoms with E-state index in [1.165, 1.54) is 12.5 Å². The molecule has 0 aliphatic carbocycles. The standard InChI is InChI=1S/C21H25NO4/c1-5-17-7-9-18(10-8-17)22-21(24)16(4)26-20(23)13-25-19-11-6-14(2)15(3)12-19/h6-12,16H,5,13H2,1-4H3,(H,22,24). The zero-order valence-electron chi connectivity index (χ0n) is 15.7. The van der Waals surface area contributed by atoms with Gasteiger partial charge in [-0.25, -0.2) is 4.79 Å². The lowest BCUT2D eigenvalue weighted by Gasteiger charge is -2.14. The molecule has 1 amide bonds. The topological polar surface area (TPSA) is 64.6 Å². The van der Waals surface area contributed by atoms with Gasteiger partial charge in [0.15, 0.2) is 12.7 Å². The molecule has 1 atom stereocenters. The van der Waals surface area contributed by atoms with Crippen LogP contribution in [0.4, 0.5) is 5.69 Å². The number of benzene rings is 2. The molecule has 2 aromatic rings. The van der Waals surface area contributed by atoms with Crippen LogP contribution in [-0.2, 0) is 20.7 Å². The molecule has 0 heterocycles. The van der Waals surface area contributed by atoms with Gasteiger partial charge in [0.1, 0.15) is 5.75 Å². The lowest BCUT2D eigenvalue weighted by atomic mass is 10.1. The van der Waals surface area contributed by atoms with Crippen LogP contribution in [0.1, 0.15) is 30.5 Å². The van der Waals surface area contributed by atoms with Gasteiger partial charge in [0.25, 0.3) is 5.91 Å². The minimum Gasteiger partial charge on any atom is -0.482 e. The van der Waals surface area contributed by atoms with E-state index < -0.39 is 12.1 Å². The van der Waals surface area contributed by atoms with Crippen LogP contribution in [-0.4, -0.2) is 24.6 Å². The molecule has 5 heteroatoms. The first kappa shape index (κ1) is 19.5. The minimum atomic E-state index is -0.906. The Morgan fingerprint density at radius 3 is 2.35 bits per heavy atom. The maximum atomic E-state index is 12.1. The monoisotopic (exact) mass is 355 g/mol. The van der Waals surface area contributed by atoms with E-state index in [4.69, 9.17) is 9.47 Å². The van der Waals surface area contributed by atoms with Gasteiger partial charge in [0.2, 0.25) is 0 Å². The van der Waals surface area contributed by atoms with E-state index in [0.717, 1.165) is 17.5 Å². The average molecular weight is 355 g/mol. The predicted molar refractivity (Wildman–Crippen MR) is 101 cm³/mol. The van der Waals surface area contributed by atoms with Crippen molar-refractivity contribution in [2.24, 2.45) is 0 Å². The SMILES string of the molecule is CCc1ccc(NC(=O)C(C)OC(=O)COc2ccc(C)c(C)c2)cc1. The highest BCUT2D eigenvalue weighted by atomic mass is 16.6. The van der Waals surface area contributed by atoms with Crippen LogP contribution >= 0.6 is 0 Å². The molecule has 1 N–H and O–H groups in total. The van der Waals surface area contributed by atoms with Crippen molar-refractivity contribution in [3.8, 4) is 5.75 Å². The molecule has 0 aliphatic rings. The molecule has 0 radical (unpaired) electrons. The Kier molecular flexibility index (Phi) is 6.78. The molecule has 0 saturated heterocycles. The summed E-state index contributed by atoms with van der Waals surface area (Å²) in [5.41, 5.74) is 4.09. The molecule has 2 aromatic carbocycles. The highest BCUT2D eigenvalue weighted by molar-refractivity contribution is 5.95. The summed E-state index contributed by atoms with van der Waals surface area (Å²) in [7, 11) is 0. The van der Waals surface area contributed by atoms with E-state index in [1.54, 1.807) is 6.07 Å². The number of anilines is 1. The fourth-order valence-electron chi connectivity index (χ4n) is 2.30. The lowest BCUT2D eigenvalue weighted by molar-refractivity contribution is -0.155. The van der Waals surface area contributed by atoms with E-state index in [9.17, 15) is 9.59 Å². The van der Waals surface area contributed by atoms with Crippen LogP contribution in [0.15, 0.2) is 42.5 Å². The first-order chi connectivity index (χ1) is 12.4. The van der Waals surface area contributed by atoms with Crippen LogP contribution < -0.4 is 10.1 Å². The summed E-state index contributed by atoms with van der Waals surface area (Å²) in [6.07, 6.45) is 0.0275. The van der Waals surface area contributed by atoms with E-state index in [-0.39, 0.29) is 12.5 Å².